The van der Waals surface area contributed by atoms with Crippen LogP contribution in [-0.2, 0) is 25.6 Å². The molecule has 3 fully saturated rings. The molecule has 2 N–H and O–H groups in total. The third kappa shape index (κ3) is 5.32. The fourth-order valence-corrected chi connectivity index (χ4v) is 4.48. The van der Waals surface area contributed by atoms with Crippen molar-refractivity contribution in [2.75, 3.05) is 19.8 Å². The number of aliphatic hydroxyl groups is 1. The van der Waals surface area contributed by atoms with Gasteiger partial charge in [0.15, 0.2) is 0 Å². The van der Waals surface area contributed by atoms with Gasteiger partial charge in [0.2, 0.25) is 11.8 Å². The lowest BCUT2D eigenvalue weighted by atomic mass is 9.94. The van der Waals surface area contributed by atoms with Gasteiger partial charge >= 0.3 is 0 Å². The van der Waals surface area contributed by atoms with Crippen molar-refractivity contribution in [3.8, 4) is 0 Å². The second kappa shape index (κ2) is 9.64. The van der Waals surface area contributed by atoms with Crippen molar-refractivity contribution >= 4 is 23.4 Å². The molecule has 7 nitrogen and oxygen atoms in total. The third-order valence-electron chi connectivity index (χ3n) is 6.04. The lowest BCUT2D eigenvalue weighted by Gasteiger charge is -2.44. The minimum Gasteiger partial charge on any atom is -0.389 e. The molecule has 0 aromatic heterocycles. The van der Waals surface area contributed by atoms with Crippen LogP contribution in [0.3, 0.4) is 0 Å². The van der Waals surface area contributed by atoms with Crippen LogP contribution in [0.2, 0.25) is 5.02 Å². The summed E-state index contributed by atoms with van der Waals surface area (Å²) < 4.78 is 11.8. The zero-order valence-electron chi connectivity index (χ0n) is 17.0. The molecule has 2 amide bonds. The highest BCUT2D eigenvalue weighted by Gasteiger charge is 2.43. The van der Waals surface area contributed by atoms with E-state index in [0.717, 1.165) is 24.8 Å². The minimum absolute atomic E-state index is 0.0894. The number of aliphatic hydroxyl groups excluding tert-OH is 1. The van der Waals surface area contributed by atoms with Gasteiger partial charge in [-0.05, 0) is 37.3 Å². The number of halogens is 1. The maximum Gasteiger partial charge on any atom is 0.226 e. The number of fused-ring (bicyclic) bond motifs is 1. The molecule has 8 heteroatoms. The van der Waals surface area contributed by atoms with Crippen LogP contribution >= 0.6 is 11.6 Å². The highest BCUT2D eigenvalue weighted by Crippen LogP contribution is 2.35. The van der Waals surface area contributed by atoms with Crippen molar-refractivity contribution in [2.45, 2.75) is 63.0 Å². The molecular formula is C22H29ClN2O5. The van der Waals surface area contributed by atoms with E-state index in [0.29, 0.717) is 24.6 Å². The Morgan fingerprint density at radius 3 is 2.73 bits per heavy atom. The summed E-state index contributed by atoms with van der Waals surface area (Å²) >= 11 is 6.14. The average molecular weight is 437 g/mol. The predicted octanol–water partition coefficient (Wildman–Crippen LogP) is 1.89. The Bertz CT molecular complexity index is 772. The van der Waals surface area contributed by atoms with Gasteiger partial charge in [0.1, 0.15) is 6.10 Å². The SMILES string of the molecule is O=C(C[C@H]1CC[C@@H]2[C@H](COC[C@@H](O)CN2C(=O)C2CC2)O1)NCc1ccccc1Cl. The van der Waals surface area contributed by atoms with E-state index in [9.17, 15) is 14.7 Å². The molecule has 1 aliphatic carbocycles. The van der Waals surface area contributed by atoms with Gasteiger partial charge in [-0.25, -0.2) is 0 Å². The molecule has 1 aromatic carbocycles. The predicted molar refractivity (Wildman–Crippen MR) is 111 cm³/mol. The molecule has 30 heavy (non-hydrogen) atoms. The maximum absolute atomic E-state index is 12.8. The Kier molecular flexibility index (Phi) is 6.93. The number of benzene rings is 1. The number of rotatable bonds is 5. The van der Waals surface area contributed by atoms with E-state index < -0.39 is 6.10 Å². The first-order valence-electron chi connectivity index (χ1n) is 10.7. The molecule has 0 spiro atoms. The van der Waals surface area contributed by atoms with Gasteiger partial charge in [-0.15, -0.1) is 0 Å². The van der Waals surface area contributed by atoms with Crippen molar-refractivity contribution in [2.24, 2.45) is 5.92 Å². The molecule has 2 saturated heterocycles. The molecule has 0 bridgehead atoms. The molecule has 164 valence electrons. The summed E-state index contributed by atoms with van der Waals surface area (Å²) in [5, 5.41) is 13.7. The third-order valence-corrected chi connectivity index (χ3v) is 6.41. The number of carbonyl (C=O) groups is 2. The Labute approximate surface area is 181 Å². The Balaban J connectivity index is 1.33. The minimum atomic E-state index is -0.679. The van der Waals surface area contributed by atoms with E-state index in [1.165, 1.54) is 0 Å². The summed E-state index contributed by atoms with van der Waals surface area (Å²) in [6.45, 7) is 1.16. The van der Waals surface area contributed by atoms with E-state index in [1.807, 2.05) is 23.1 Å². The van der Waals surface area contributed by atoms with Crippen LogP contribution in [0.1, 0.15) is 37.7 Å². The average Bonchev–Trinajstić information content (AvgIpc) is 3.55. The zero-order chi connectivity index (χ0) is 21.1. The lowest BCUT2D eigenvalue weighted by molar-refractivity contribution is -0.170. The molecule has 2 aliphatic heterocycles. The topological polar surface area (TPSA) is 88.1 Å². The first-order valence-corrected chi connectivity index (χ1v) is 11.1. The fourth-order valence-electron chi connectivity index (χ4n) is 4.27. The molecule has 4 rings (SSSR count). The van der Waals surface area contributed by atoms with Crippen LogP contribution in [0.15, 0.2) is 24.3 Å². The van der Waals surface area contributed by atoms with Gasteiger partial charge in [-0.1, -0.05) is 29.8 Å². The molecule has 3 aliphatic rings. The van der Waals surface area contributed by atoms with Gasteiger partial charge < -0.3 is 24.8 Å². The van der Waals surface area contributed by atoms with Gasteiger partial charge in [-0.2, -0.15) is 0 Å². The summed E-state index contributed by atoms with van der Waals surface area (Å²) in [6.07, 6.45) is 2.35. The number of nitrogens with zero attached hydrogens (tertiary/aromatic N) is 1. The van der Waals surface area contributed by atoms with E-state index in [1.54, 1.807) is 6.07 Å². The monoisotopic (exact) mass is 436 g/mol. The van der Waals surface area contributed by atoms with E-state index in [-0.39, 0.29) is 55.6 Å². The van der Waals surface area contributed by atoms with Crippen LogP contribution in [-0.4, -0.2) is 65.9 Å². The van der Waals surface area contributed by atoms with Gasteiger partial charge in [0.25, 0.3) is 0 Å². The smallest absolute Gasteiger partial charge is 0.226 e. The Hall–Kier alpha value is -1.67. The van der Waals surface area contributed by atoms with Gasteiger partial charge in [-0.3, -0.25) is 9.59 Å². The van der Waals surface area contributed by atoms with Gasteiger partial charge in [0, 0.05) is 24.0 Å². The summed E-state index contributed by atoms with van der Waals surface area (Å²) in [7, 11) is 0. The normalized spacial score (nSPS) is 29.5. The lowest BCUT2D eigenvalue weighted by Crippen LogP contribution is -2.57. The number of ether oxygens (including phenoxy) is 2. The van der Waals surface area contributed by atoms with Crippen LogP contribution in [0, 0.1) is 5.92 Å². The number of amides is 2. The molecule has 4 atom stereocenters. The standard InChI is InChI=1S/C22H29ClN2O5/c23-18-4-2-1-3-15(18)10-24-21(27)9-17-7-8-19-20(30-17)13-29-12-16(26)11-25(19)22(28)14-5-6-14/h1-4,14,16-17,19-20,26H,5-13H2,(H,24,27)/t16-,17+,19+,20-/m0/s1. The quantitative estimate of drug-likeness (QED) is 0.736. The molecular weight excluding hydrogens is 408 g/mol. The van der Waals surface area contributed by atoms with Crippen molar-refractivity contribution in [1.82, 2.24) is 10.2 Å². The van der Waals surface area contributed by atoms with Crippen LogP contribution in [0.5, 0.6) is 0 Å². The van der Waals surface area contributed by atoms with Crippen LogP contribution < -0.4 is 5.32 Å². The number of hydrogen-bond donors (Lipinski definition) is 2. The second-order valence-corrected chi connectivity index (χ2v) is 8.88. The Morgan fingerprint density at radius 2 is 1.97 bits per heavy atom. The highest BCUT2D eigenvalue weighted by molar-refractivity contribution is 6.31. The van der Waals surface area contributed by atoms with Crippen LogP contribution in [0.25, 0.3) is 0 Å². The van der Waals surface area contributed by atoms with Crippen molar-refractivity contribution < 1.29 is 24.2 Å². The Morgan fingerprint density at radius 1 is 1.17 bits per heavy atom. The number of β-amino-alcohol motifs (C(OH)–C–C–N with tert-alkyl or cyclic N) is 1. The summed E-state index contributed by atoms with van der Waals surface area (Å²) in [4.78, 5) is 27.0. The van der Waals surface area contributed by atoms with Crippen LogP contribution in [0.4, 0.5) is 0 Å². The van der Waals surface area contributed by atoms with Crippen molar-refractivity contribution in [3.05, 3.63) is 34.9 Å². The van der Waals surface area contributed by atoms with E-state index in [4.69, 9.17) is 21.1 Å². The first kappa shape index (κ1) is 21.6. The maximum atomic E-state index is 12.8. The summed E-state index contributed by atoms with van der Waals surface area (Å²) in [5.41, 5.74) is 0.873. The molecule has 0 radical (unpaired) electrons. The summed E-state index contributed by atoms with van der Waals surface area (Å²) in [5.74, 6) is 0.114. The highest BCUT2D eigenvalue weighted by atomic mass is 35.5. The first-order chi connectivity index (χ1) is 14.5. The van der Waals surface area contributed by atoms with Crippen molar-refractivity contribution in [1.29, 1.82) is 0 Å². The van der Waals surface area contributed by atoms with E-state index in [2.05, 4.69) is 5.32 Å². The molecule has 2 heterocycles. The molecule has 1 saturated carbocycles. The van der Waals surface area contributed by atoms with E-state index >= 15 is 0 Å². The fraction of sp³-hybridized carbons (Fsp3) is 0.636. The molecule has 0 unspecified atom stereocenters. The number of carbonyl (C=O) groups excluding carboxylic acids is 2. The van der Waals surface area contributed by atoms with Crippen molar-refractivity contribution in [3.63, 3.8) is 0 Å². The number of nitrogens with one attached hydrogen (secondary N) is 1. The number of hydrogen-bond acceptors (Lipinski definition) is 5. The zero-order valence-corrected chi connectivity index (χ0v) is 17.7. The summed E-state index contributed by atoms with van der Waals surface area (Å²) in [6, 6.07) is 7.31. The largest absolute Gasteiger partial charge is 0.389 e. The second-order valence-electron chi connectivity index (χ2n) is 8.47. The van der Waals surface area contributed by atoms with Gasteiger partial charge in [0.05, 0.1) is 37.9 Å². The molecule has 1 aromatic rings.